The quantitative estimate of drug-likeness (QED) is 0.606. The number of amides is 1. The minimum Gasteiger partial charge on any atom is -0.376 e. The van der Waals surface area contributed by atoms with Gasteiger partial charge in [-0.2, -0.15) is 11.8 Å². The second-order valence-electron chi connectivity index (χ2n) is 3.85. The largest absolute Gasteiger partial charge is 0.376 e. The average molecular weight is 269 g/mol. The van der Waals surface area contributed by atoms with Crippen molar-refractivity contribution in [1.82, 2.24) is 0 Å². The fraction of sp³-hybridized carbons (Fsp3) is 0.364. The van der Waals surface area contributed by atoms with Crippen molar-refractivity contribution in [3.63, 3.8) is 0 Å². The van der Waals surface area contributed by atoms with Crippen molar-refractivity contribution in [3.8, 4) is 0 Å². The second-order valence-corrected chi connectivity index (χ2v) is 4.76. The molecule has 6 nitrogen and oxygen atoms in total. The van der Waals surface area contributed by atoms with Gasteiger partial charge in [0.15, 0.2) is 0 Å². The van der Waals surface area contributed by atoms with Gasteiger partial charge >= 0.3 is 0 Å². The van der Waals surface area contributed by atoms with E-state index in [2.05, 4.69) is 5.32 Å². The molecule has 7 heteroatoms. The number of benzene rings is 1. The highest BCUT2D eigenvalue weighted by atomic mass is 32.2. The van der Waals surface area contributed by atoms with Crippen LogP contribution in [-0.2, 0) is 0 Å². The maximum absolute atomic E-state index is 11.0. The van der Waals surface area contributed by atoms with E-state index in [1.54, 1.807) is 11.8 Å². The molecule has 0 saturated heterocycles. The minimum atomic E-state index is -0.679. The Hall–Kier alpha value is -1.76. The fourth-order valence-corrected chi connectivity index (χ4v) is 2.10. The third-order valence-electron chi connectivity index (χ3n) is 2.30. The Morgan fingerprint density at radius 2 is 2.28 bits per heavy atom. The van der Waals surface area contributed by atoms with Gasteiger partial charge in [-0.15, -0.1) is 0 Å². The molecule has 0 saturated carbocycles. The number of hydrogen-bond acceptors (Lipinski definition) is 5. The summed E-state index contributed by atoms with van der Waals surface area (Å²) in [6.45, 7) is 1.93. The van der Waals surface area contributed by atoms with Crippen LogP contribution in [0, 0.1) is 10.1 Å². The summed E-state index contributed by atoms with van der Waals surface area (Å²) >= 11 is 1.64. The summed E-state index contributed by atoms with van der Waals surface area (Å²) in [5, 5.41) is 14.0. The van der Waals surface area contributed by atoms with Gasteiger partial charge in [-0.3, -0.25) is 14.9 Å². The molecular weight excluding hydrogens is 254 g/mol. The molecule has 0 bridgehead atoms. The fourth-order valence-electron chi connectivity index (χ4n) is 1.52. The monoisotopic (exact) mass is 269 g/mol. The predicted molar refractivity (Wildman–Crippen MR) is 73.1 cm³/mol. The van der Waals surface area contributed by atoms with Crippen molar-refractivity contribution in [1.29, 1.82) is 0 Å². The van der Waals surface area contributed by atoms with Gasteiger partial charge in [-0.1, -0.05) is 0 Å². The molecule has 0 fully saturated rings. The number of primary amides is 1. The molecule has 18 heavy (non-hydrogen) atoms. The van der Waals surface area contributed by atoms with Crippen LogP contribution in [0.3, 0.4) is 0 Å². The van der Waals surface area contributed by atoms with E-state index in [1.165, 1.54) is 18.2 Å². The van der Waals surface area contributed by atoms with Crippen LogP contribution in [0.1, 0.15) is 17.3 Å². The molecule has 0 heterocycles. The zero-order valence-corrected chi connectivity index (χ0v) is 11.0. The summed E-state index contributed by atoms with van der Waals surface area (Å²) in [6.07, 6.45) is 1.96. The summed E-state index contributed by atoms with van der Waals surface area (Å²) in [5.74, 6) is 0.149. The van der Waals surface area contributed by atoms with Crippen molar-refractivity contribution >= 4 is 29.0 Å². The third-order valence-corrected chi connectivity index (χ3v) is 3.13. The molecule has 1 unspecified atom stereocenters. The zero-order valence-electron chi connectivity index (χ0n) is 10.2. The highest BCUT2D eigenvalue weighted by molar-refractivity contribution is 7.98. The third kappa shape index (κ3) is 3.63. The molecule has 0 aliphatic carbocycles. The molecule has 0 radical (unpaired) electrons. The predicted octanol–water partition coefficient (Wildman–Crippen LogP) is 1.86. The van der Waals surface area contributed by atoms with Gasteiger partial charge in [-0.05, 0) is 25.3 Å². The van der Waals surface area contributed by atoms with E-state index in [9.17, 15) is 14.9 Å². The van der Waals surface area contributed by atoms with Crippen LogP contribution >= 0.6 is 11.8 Å². The summed E-state index contributed by atoms with van der Waals surface area (Å²) in [4.78, 5) is 21.4. The standard InChI is InChI=1S/C11H15N3O3S/c1-7(6-18-2)13-9-4-3-8(11(12)15)5-10(9)14(16)17/h3-5,7,13H,6H2,1-2H3,(H2,12,15). The number of nitrogens with zero attached hydrogens (tertiary/aromatic N) is 1. The molecule has 1 aromatic rings. The summed E-state index contributed by atoms with van der Waals surface area (Å²) in [7, 11) is 0. The van der Waals surface area contributed by atoms with Crippen LogP contribution in [0.5, 0.6) is 0 Å². The molecule has 0 spiro atoms. The SMILES string of the molecule is CSCC(C)Nc1ccc(C(N)=O)cc1[N+](=O)[O-]. The molecule has 1 amide bonds. The van der Waals surface area contributed by atoms with Crippen LogP contribution in [0.15, 0.2) is 18.2 Å². The molecule has 0 aliphatic rings. The molecule has 1 aromatic carbocycles. The van der Waals surface area contributed by atoms with Gasteiger partial charge in [0.1, 0.15) is 5.69 Å². The van der Waals surface area contributed by atoms with Crippen LogP contribution < -0.4 is 11.1 Å². The zero-order chi connectivity index (χ0) is 13.7. The number of nitrogens with one attached hydrogen (secondary N) is 1. The number of thioether (sulfide) groups is 1. The maximum Gasteiger partial charge on any atom is 0.293 e. The summed E-state index contributed by atoms with van der Waals surface area (Å²) < 4.78 is 0. The van der Waals surface area contributed by atoms with Gasteiger partial charge in [0.2, 0.25) is 5.91 Å². The van der Waals surface area contributed by atoms with E-state index in [1.807, 2.05) is 13.2 Å². The Morgan fingerprint density at radius 1 is 1.61 bits per heavy atom. The minimum absolute atomic E-state index is 0.0955. The number of anilines is 1. The van der Waals surface area contributed by atoms with E-state index < -0.39 is 10.8 Å². The Morgan fingerprint density at radius 3 is 2.78 bits per heavy atom. The Labute approximate surface area is 109 Å². The lowest BCUT2D eigenvalue weighted by Gasteiger charge is -2.14. The number of carbonyl (C=O) groups excluding carboxylic acids is 1. The van der Waals surface area contributed by atoms with Crippen LogP contribution in [-0.4, -0.2) is 28.9 Å². The molecule has 3 N–H and O–H groups in total. The number of rotatable bonds is 6. The Balaban J connectivity index is 3.04. The first-order valence-corrected chi connectivity index (χ1v) is 6.68. The topological polar surface area (TPSA) is 98.3 Å². The lowest BCUT2D eigenvalue weighted by Crippen LogP contribution is -2.19. The number of nitrogens with two attached hydrogens (primary N) is 1. The first-order valence-electron chi connectivity index (χ1n) is 5.29. The molecule has 1 rings (SSSR count). The highest BCUT2D eigenvalue weighted by Crippen LogP contribution is 2.26. The smallest absolute Gasteiger partial charge is 0.293 e. The summed E-state index contributed by atoms with van der Waals surface area (Å²) in [5.41, 5.74) is 5.48. The van der Waals surface area contributed by atoms with E-state index in [0.29, 0.717) is 5.69 Å². The molecule has 0 aliphatic heterocycles. The number of nitro groups is 1. The van der Waals surface area contributed by atoms with E-state index >= 15 is 0 Å². The van der Waals surface area contributed by atoms with Crippen molar-refractivity contribution < 1.29 is 9.72 Å². The number of nitro benzene ring substituents is 1. The van der Waals surface area contributed by atoms with Crippen molar-refractivity contribution in [2.24, 2.45) is 5.73 Å². The number of hydrogen-bond donors (Lipinski definition) is 2. The molecule has 1 atom stereocenters. The second kappa shape index (κ2) is 6.25. The Kier molecular flexibility index (Phi) is 4.96. The normalized spacial score (nSPS) is 11.9. The van der Waals surface area contributed by atoms with Crippen LogP contribution in [0.25, 0.3) is 0 Å². The van der Waals surface area contributed by atoms with Gasteiger partial charge in [-0.25, -0.2) is 0 Å². The molecule has 98 valence electrons. The lowest BCUT2D eigenvalue weighted by atomic mass is 10.1. The van der Waals surface area contributed by atoms with Gasteiger partial charge in [0, 0.05) is 23.4 Å². The average Bonchev–Trinajstić information content (AvgIpc) is 2.29. The van der Waals surface area contributed by atoms with Crippen molar-refractivity contribution in [3.05, 3.63) is 33.9 Å². The van der Waals surface area contributed by atoms with E-state index in [4.69, 9.17) is 5.73 Å². The van der Waals surface area contributed by atoms with E-state index in [0.717, 1.165) is 5.75 Å². The molecular formula is C11H15N3O3S. The van der Waals surface area contributed by atoms with Gasteiger partial charge in [0.25, 0.3) is 5.69 Å². The van der Waals surface area contributed by atoms with Crippen LogP contribution in [0.4, 0.5) is 11.4 Å². The first kappa shape index (κ1) is 14.3. The van der Waals surface area contributed by atoms with Crippen molar-refractivity contribution in [2.75, 3.05) is 17.3 Å². The lowest BCUT2D eigenvalue weighted by molar-refractivity contribution is -0.384. The highest BCUT2D eigenvalue weighted by Gasteiger charge is 2.17. The molecule has 0 aromatic heterocycles. The van der Waals surface area contributed by atoms with E-state index in [-0.39, 0.29) is 17.3 Å². The maximum atomic E-state index is 11.0. The van der Waals surface area contributed by atoms with Crippen molar-refractivity contribution in [2.45, 2.75) is 13.0 Å². The van der Waals surface area contributed by atoms with Gasteiger partial charge in [0.05, 0.1) is 4.92 Å². The number of carbonyl (C=O) groups is 1. The van der Waals surface area contributed by atoms with Crippen LogP contribution in [0.2, 0.25) is 0 Å². The summed E-state index contributed by atoms with van der Waals surface area (Å²) in [6, 6.07) is 4.27. The van der Waals surface area contributed by atoms with Gasteiger partial charge < -0.3 is 11.1 Å². The Bertz CT molecular complexity index is 465. The first-order chi connectivity index (χ1) is 8.45.